The van der Waals surface area contributed by atoms with Crippen molar-refractivity contribution >= 4 is 40.6 Å². The zero-order valence-corrected chi connectivity index (χ0v) is 29.7. The van der Waals surface area contributed by atoms with Gasteiger partial charge in [-0.1, -0.05) is 42.5 Å². The summed E-state index contributed by atoms with van der Waals surface area (Å²) >= 11 is 0. The average molecular weight is 713 g/mol. The zero-order chi connectivity index (χ0) is 37.2. The van der Waals surface area contributed by atoms with Crippen molar-refractivity contribution < 1.29 is 43.3 Å². The summed E-state index contributed by atoms with van der Waals surface area (Å²) in [4.78, 5) is 72.9. The third-order valence-electron chi connectivity index (χ3n) is 9.59. The van der Waals surface area contributed by atoms with E-state index in [1.54, 1.807) is 58.2 Å². The van der Waals surface area contributed by atoms with Gasteiger partial charge in [-0.3, -0.25) is 14.4 Å². The highest BCUT2D eigenvalue weighted by molar-refractivity contribution is 5.96. The summed E-state index contributed by atoms with van der Waals surface area (Å²) in [6, 6.07) is 14.4. The number of ether oxygens (including phenoxy) is 3. The molecule has 0 spiro atoms. The fourth-order valence-corrected chi connectivity index (χ4v) is 6.82. The number of rotatable bonds is 6. The molecule has 3 aromatic rings. The van der Waals surface area contributed by atoms with Gasteiger partial charge in [0, 0.05) is 48.3 Å². The molecule has 274 valence electrons. The minimum absolute atomic E-state index is 0.00188. The Bertz CT molecular complexity index is 1910. The van der Waals surface area contributed by atoms with E-state index in [2.05, 4.69) is 10.6 Å². The maximum absolute atomic E-state index is 14.4. The molecule has 3 amide bonds. The van der Waals surface area contributed by atoms with Crippen molar-refractivity contribution in [2.45, 2.75) is 88.6 Å². The maximum atomic E-state index is 14.4. The number of hydrogen-bond donors (Lipinski definition) is 3. The van der Waals surface area contributed by atoms with E-state index in [0.717, 1.165) is 5.56 Å². The maximum Gasteiger partial charge on any atom is 0.408 e. The van der Waals surface area contributed by atoms with Gasteiger partial charge in [-0.2, -0.15) is 0 Å². The van der Waals surface area contributed by atoms with E-state index < -0.39 is 59.1 Å². The number of carbonyl (C=O) groups is 5. The highest BCUT2D eigenvalue weighted by Gasteiger charge is 2.61. The van der Waals surface area contributed by atoms with Crippen LogP contribution in [-0.4, -0.2) is 87.6 Å². The molecule has 0 radical (unpaired) electrons. The van der Waals surface area contributed by atoms with Gasteiger partial charge in [0.05, 0.1) is 24.9 Å². The number of Topliss-reactive ketones (excluding diaryl/α,β-unsaturated/α-hetero) is 1. The first kappa shape index (κ1) is 36.3. The van der Waals surface area contributed by atoms with Crippen LogP contribution in [0.15, 0.2) is 66.7 Å². The molecule has 2 aliphatic heterocycles. The fourth-order valence-electron chi connectivity index (χ4n) is 6.82. The third kappa shape index (κ3) is 8.03. The van der Waals surface area contributed by atoms with E-state index in [9.17, 15) is 29.1 Å². The van der Waals surface area contributed by atoms with Gasteiger partial charge in [-0.15, -0.1) is 0 Å². The van der Waals surface area contributed by atoms with E-state index >= 15 is 0 Å². The molecule has 1 aliphatic carbocycles. The standard InChI is InChI=1S/C39H44N4O9/c1-38(2,3)52-37(49)41-29-17-14-25(44)13-9-8-12-24-21-39(24,36(47)48)42-34(45)32-19-27(22-43(32)35(29)46)51-33-20-30(23-10-6-5-7-11-23)40-31-18-26(50-4)15-16-28(31)33/h5-8,10-12,15-16,18,20,24,27,29,32H,9,13-14,17,19,21-22H2,1-4H3,(H,41,49)(H,42,45)(H,47,48)/b12-8-/t24?,27-,29?,32?,39?/m1/s1. The van der Waals surface area contributed by atoms with Crippen molar-refractivity contribution in [3.8, 4) is 22.8 Å². The molecule has 1 saturated heterocycles. The number of fused-ring (bicyclic) bond motifs is 3. The Hall–Kier alpha value is -5.46. The van der Waals surface area contributed by atoms with Crippen LogP contribution < -0.4 is 20.1 Å². The van der Waals surface area contributed by atoms with Crippen LogP contribution in [0.2, 0.25) is 0 Å². The monoisotopic (exact) mass is 712 g/mol. The molecule has 2 aromatic carbocycles. The number of alkyl carbamates (subject to hydrolysis) is 1. The number of hydrogen-bond acceptors (Lipinski definition) is 9. The number of aromatic nitrogens is 1. The van der Waals surface area contributed by atoms with E-state index in [1.807, 2.05) is 36.4 Å². The Labute approximate surface area is 301 Å². The highest BCUT2D eigenvalue weighted by Crippen LogP contribution is 2.45. The van der Waals surface area contributed by atoms with Crippen LogP contribution in [0.3, 0.4) is 0 Å². The van der Waals surface area contributed by atoms with Crippen molar-refractivity contribution in [1.82, 2.24) is 20.5 Å². The molecule has 13 nitrogen and oxygen atoms in total. The molecular formula is C39H44N4O9. The second-order valence-corrected chi connectivity index (χ2v) is 14.6. The second kappa shape index (κ2) is 14.6. The minimum Gasteiger partial charge on any atom is -0.497 e. The van der Waals surface area contributed by atoms with Crippen molar-refractivity contribution in [3.05, 3.63) is 66.7 Å². The van der Waals surface area contributed by atoms with Gasteiger partial charge >= 0.3 is 12.1 Å². The van der Waals surface area contributed by atoms with Crippen molar-refractivity contribution in [3.63, 3.8) is 0 Å². The number of methoxy groups -OCH3 is 1. The van der Waals surface area contributed by atoms with Crippen LogP contribution in [-0.2, 0) is 23.9 Å². The largest absolute Gasteiger partial charge is 0.497 e. The predicted octanol–water partition coefficient (Wildman–Crippen LogP) is 4.81. The second-order valence-electron chi connectivity index (χ2n) is 14.6. The Morgan fingerprint density at radius 2 is 1.83 bits per heavy atom. The molecule has 13 heteroatoms. The molecule has 3 N–H and O–H groups in total. The molecule has 4 unspecified atom stereocenters. The van der Waals surface area contributed by atoms with Gasteiger partial charge in [-0.05, 0) is 52.2 Å². The SMILES string of the molecule is COc1ccc2c(O[C@@H]3CC4C(=O)NC5(C(=O)O)CC5/C=C\CCC(=O)CCC(NC(=O)OC(C)(C)C)C(=O)N4C3)cc(-c3ccccc3)nc2c1. The Kier molecular flexibility index (Phi) is 10.2. The van der Waals surface area contributed by atoms with Gasteiger partial charge in [0.15, 0.2) is 0 Å². The van der Waals surface area contributed by atoms with E-state index in [1.165, 1.54) is 4.90 Å². The average Bonchev–Trinajstić information content (AvgIpc) is 3.64. The van der Waals surface area contributed by atoms with E-state index in [-0.39, 0.29) is 44.4 Å². The lowest BCUT2D eigenvalue weighted by molar-refractivity contribution is -0.145. The number of benzene rings is 2. The number of carboxylic acids is 1. The summed E-state index contributed by atoms with van der Waals surface area (Å²) in [5.74, 6) is -1.95. The molecular weight excluding hydrogens is 668 g/mol. The van der Waals surface area contributed by atoms with Gasteiger partial charge in [0.25, 0.3) is 0 Å². The highest BCUT2D eigenvalue weighted by atomic mass is 16.6. The van der Waals surface area contributed by atoms with E-state index in [0.29, 0.717) is 34.5 Å². The van der Waals surface area contributed by atoms with Crippen LogP contribution in [0, 0.1) is 5.92 Å². The summed E-state index contributed by atoms with van der Waals surface area (Å²) in [5, 5.41) is 16.2. The van der Waals surface area contributed by atoms with Gasteiger partial charge in [0.2, 0.25) is 11.8 Å². The number of pyridine rings is 1. The number of carboxylic acid groups (broad SMARTS) is 1. The number of aliphatic carboxylic acids is 1. The Morgan fingerprint density at radius 3 is 2.54 bits per heavy atom. The number of nitrogens with one attached hydrogen (secondary N) is 2. The van der Waals surface area contributed by atoms with Crippen LogP contribution >= 0.6 is 0 Å². The lowest BCUT2D eigenvalue weighted by Gasteiger charge is -2.30. The number of ketones is 1. The van der Waals surface area contributed by atoms with Crippen molar-refractivity contribution in [2.24, 2.45) is 5.92 Å². The fraction of sp³-hybridized carbons (Fsp3) is 0.436. The predicted molar refractivity (Wildman–Crippen MR) is 191 cm³/mol. The van der Waals surface area contributed by atoms with Gasteiger partial charge in [-0.25, -0.2) is 14.6 Å². The van der Waals surface area contributed by atoms with Crippen LogP contribution in [0.1, 0.15) is 59.3 Å². The Morgan fingerprint density at radius 1 is 1.06 bits per heavy atom. The zero-order valence-electron chi connectivity index (χ0n) is 29.7. The lowest BCUT2D eigenvalue weighted by atomic mass is 10.0. The van der Waals surface area contributed by atoms with E-state index in [4.69, 9.17) is 19.2 Å². The number of nitrogens with zero attached hydrogens (tertiary/aromatic N) is 2. The Balaban J connectivity index is 1.36. The third-order valence-corrected chi connectivity index (χ3v) is 9.59. The summed E-state index contributed by atoms with van der Waals surface area (Å²) in [7, 11) is 1.57. The summed E-state index contributed by atoms with van der Waals surface area (Å²) < 4.78 is 17.5. The summed E-state index contributed by atoms with van der Waals surface area (Å²) in [6.07, 6.45) is 2.69. The number of allylic oxidation sites excluding steroid dienone is 1. The smallest absolute Gasteiger partial charge is 0.408 e. The molecule has 2 fully saturated rings. The summed E-state index contributed by atoms with van der Waals surface area (Å²) in [6.45, 7) is 5.02. The first-order valence-corrected chi connectivity index (χ1v) is 17.5. The lowest BCUT2D eigenvalue weighted by Crippen LogP contribution is -2.56. The van der Waals surface area contributed by atoms with Gasteiger partial charge in [0.1, 0.15) is 46.6 Å². The molecule has 1 saturated carbocycles. The van der Waals surface area contributed by atoms with Crippen LogP contribution in [0.25, 0.3) is 22.2 Å². The van der Waals surface area contributed by atoms with Crippen molar-refractivity contribution in [2.75, 3.05) is 13.7 Å². The molecule has 5 atom stereocenters. The topological polar surface area (TPSA) is 173 Å². The number of carbonyl (C=O) groups excluding carboxylic acids is 4. The molecule has 0 bridgehead atoms. The minimum atomic E-state index is -1.54. The molecule has 1 aromatic heterocycles. The van der Waals surface area contributed by atoms with Crippen LogP contribution in [0.5, 0.6) is 11.5 Å². The molecule has 52 heavy (non-hydrogen) atoms. The first-order valence-electron chi connectivity index (χ1n) is 17.5. The molecule has 3 heterocycles. The summed E-state index contributed by atoms with van der Waals surface area (Å²) in [5.41, 5.74) is -0.292. The van der Waals surface area contributed by atoms with Crippen molar-refractivity contribution in [1.29, 1.82) is 0 Å². The van der Waals surface area contributed by atoms with Crippen LogP contribution in [0.4, 0.5) is 4.79 Å². The molecule has 3 aliphatic rings. The quantitative estimate of drug-likeness (QED) is 0.301. The first-order chi connectivity index (χ1) is 24.8. The molecule has 6 rings (SSSR count). The number of amides is 3. The normalized spacial score (nSPS) is 25.8. The van der Waals surface area contributed by atoms with Gasteiger partial charge < -0.3 is 34.9 Å².